The fourth-order valence-electron chi connectivity index (χ4n) is 2.57. The molecular formula is C12H28N3P. The fraction of sp³-hybridized carbons (Fsp3) is 1.00. The lowest BCUT2D eigenvalue weighted by atomic mass is 10.5. The Balaban J connectivity index is 0. The minimum Gasteiger partial charge on any atom is -0.373 e. The monoisotopic (exact) mass is 245 g/mol. The average Bonchev–Trinajstić information content (AvgIpc) is 2.20. The van der Waals surface area contributed by atoms with E-state index in [1.807, 2.05) is 0 Å². The van der Waals surface area contributed by atoms with Gasteiger partial charge in [0.2, 0.25) is 0 Å². The van der Waals surface area contributed by atoms with Crippen molar-refractivity contribution in [3.63, 3.8) is 0 Å². The molecule has 16 heavy (non-hydrogen) atoms. The van der Waals surface area contributed by atoms with E-state index in [4.69, 9.17) is 11.1 Å². The second kappa shape index (κ2) is 12.8. The van der Waals surface area contributed by atoms with Crippen LogP contribution >= 0.6 is 7.26 Å². The Labute approximate surface area is 102 Å². The summed E-state index contributed by atoms with van der Waals surface area (Å²) in [7, 11) is -0.496. The van der Waals surface area contributed by atoms with Crippen molar-refractivity contribution >= 4 is 7.26 Å². The predicted octanol–water partition coefficient (Wildman–Crippen LogP) is 5.51. The highest BCUT2D eigenvalue weighted by atomic mass is 31.2. The van der Waals surface area contributed by atoms with Crippen LogP contribution in [-0.2, 0) is 0 Å². The molecule has 0 aliphatic rings. The van der Waals surface area contributed by atoms with Gasteiger partial charge in [0.25, 0.3) is 0 Å². The molecule has 0 aromatic carbocycles. The van der Waals surface area contributed by atoms with Crippen LogP contribution in [0.1, 0.15) is 53.4 Å². The fourth-order valence-corrected chi connectivity index (χ4v) is 7.70. The highest BCUT2D eigenvalue weighted by Gasteiger charge is 2.32. The molecule has 0 rings (SSSR count). The van der Waals surface area contributed by atoms with E-state index in [1.165, 1.54) is 30.6 Å². The lowest BCUT2D eigenvalue weighted by Crippen LogP contribution is -2.10. The van der Waals surface area contributed by atoms with Gasteiger partial charge in [-0.05, 0) is 25.7 Å². The first-order valence-corrected chi connectivity index (χ1v) is 9.02. The van der Waals surface area contributed by atoms with Crippen LogP contribution in [0.25, 0.3) is 16.0 Å². The van der Waals surface area contributed by atoms with Gasteiger partial charge < -0.3 is 11.1 Å². The largest absolute Gasteiger partial charge is 0.373 e. The summed E-state index contributed by atoms with van der Waals surface area (Å²) in [5.41, 5.74) is 13.5. The molecular weight excluding hydrogens is 217 g/mol. The Kier molecular flexibility index (Phi) is 14.5. The maximum Gasteiger partial charge on any atom is 0.0591 e. The Morgan fingerprint density at radius 2 is 0.875 bits per heavy atom. The minimum absolute atomic E-state index is 0.496. The molecule has 0 fully saturated rings. The highest BCUT2D eigenvalue weighted by molar-refractivity contribution is 7.75. The van der Waals surface area contributed by atoms with Gasteiger partial charge in [-0.25, -0.2) is 0 Å². The molecule has 0 spiro atoms. The van der Waals surface area contributed by atoms with Gasteiger partial charge in [-0.2, -0.15) is 0 Å². The van der Waals surface area contributed by atoms with Crippen molar-refractivity contribution in [2.24, 2.45) is 0 Å². The molecule has 3 nitrogen and oxygen atoms in total. The second-order valence-corrected chi connectivity index (χ2v) is 8.80. The van der Waals surface area contributed by atoms with E-state index in [0.717, 1.165) is 0 Å². The van der Waals surface area contributed by atoms with Gasteiger partial charge >= 0.3 is 0 Å². The number of hydrogen-bond acceptors (Lipinski definition) is 0. The molecule has 0 radical (unpaired) electrons. The minimum atomic E-state index is -0.496. The number of hydrogen-bond donors (Lipinski definition) is 0. The lowest BCUT2D eigenvalue weighted by Gasteiger charge is -2.26. The third kappa shape index (κ3) is 9.00. The molecule has 0 bridgehead atoms. The molecule has 0 heterocycles. The highest BCUT2D eigenvalue weighted by Crippen LogP contribution is 2.60. The van der Waals surface area contributed by atoms with Crippen LogP contribution in [0, 0.1) is 0 Å². The van der Waals surface area contributed by atoms with Crippen molar-refractivity contribution in [1.82, 2.24) is 0 Å². The van der Waals surface area contributed by atoms with E-state index >= 15 is 0 Å². The topological polar surface area (TPSA) is 58.7 Å². The van der Waals surface area contributed by atoms with Crippen LogP contribution in [-0.4, -0.2) is 24.6 Å². The van der Waals surface area contributed by atoms with Crippen molar-refractivity contribution in [2.45, 2.75) is 53.4 Å². The van der Waals surface area contributed by atoms with Gasteiger partial charge in [0.05, 0.1) is 24.6 Å². The molecule has 0 unspecified atom stereocenters. The molecule has 0 aliphatic carbocycles. The molecule has 0 aromatic rings. The molecule has 0 amide bonds. The SMILES string of the molecule is CCC[P+](CCC)(CCC)CCC.[N-]=[N+]=[N-]. The molecule has 0 atom stereocenters. The van der Waals surface area contributed by atoms with E-state index in [2.05, 4.69) is 27.7 Å². The van der Waals surface area contributed by atoms with Crippen LogP contribution in [0.2, 0.25) is 0 Å². The maximum atomic E-state index is 6.75. The Morgan fingerprint density at radius 3 is 1.00 bits per heavy atom. The lowest BCUT2D eigenvalue weighted by molar-refractivity contribution is 0.963. The summed E-state index contributed by atoms with van der Waals surface area (Å²) in [5, 5.41) is 0. The molecule has 0 saturated heterocycles. The van der Waals surface area contributed by atoms with E-state index < -0.39 is 7.26 Å². The van der Waals surface area contributed by atoms with Crippen molar-refractivity contribution in [3.05, 3.63) is 16.0 Å². The van der Waals surface area contributed by atoms with Gasteiger partial charge in [0, 0.05) is 7.26 Å². The first kappa shape index (κ1) is 18.1. The Morgan fingerprint density at radius 1 is 0.688 bits per heavy atom. The van der Waals surface area contributed by atoms with Crippen LogP contribution in [0.15, 0.2) is 0 Å². The summed E-state index contributed by atoms with van der Waals surface area (Å²) in [6.45, 7) is 9.43. The van der Waals surface area contributed by atoms with Gasteiger partial charge in [-0.15, -0.1) is 0 Å². The zero-order valence-electron chi connectivity index (χ0n) is 11.4. The smallest absolute Gasteiger partial charge is 0.0591 e. The quantitative estimate of drug-likeness (QED) is 0.234. The Bertz CT molecular complexity index is 148. The molecule has 0 aromatic heterocycles. The summed E-state index contributed by atoms with van der Waals surface area (Å²) in [5.74, 6) is 0. The summed E-state index contributed by atoms with van der Waals surface area (Å²) in [6.07, 6.45) is 11.9. The van der Waals surface area contributed by atoms with Crippen LogP contribution in [0.5, 0.6) is 0 Å². The van der Waals surface area contributed by atoms with E-state index in [-0.39, 0.29) is 0 Å². The van der Waals surface area contributed by atoms with Gasteiger partial charge in [-0.3, -0.25) is 4.91 Å². The zero-order valence-corrected chi connectivity index (χ0v) is 12.3. The maximum absolute atomic E-state index is 6.75. The van der Waals surface area contributed by atoms with Gasteiger partial charge in [0.1, 0.15) is 0 Å². The summed E-state index contributed by atoms with van der Waals surface area (Å²) in [6, 6.07) is 0. The standard InChI is InChI=1S/C12H28P.N3/c1-5-9-13(10-6-2,11-7-3)12-8-4;1-3-2/h5-12H2,1-4H3;/q+1;-1. The second-order valence-electron chi connectivity index (χ2n) is 4.33. The van der Waals surface area contributed by atoms with Gasteiger partial charge in [-0.1, -0.05) is 27.7 Å². The van der Waals surface area contributed by atoms with Gasteiger partial charge in [0.15, 0.2) is 0 Å². The third-order valence-electron chi connectivity index (χ3n) is 2.79. The van der Waals surface area contributed by atoms with Crippen molar-refractivity contribution in [2.75, 3.05) is 24.6 Å². The third-order valence-corrected chi connectivity index (χ3v) is 8.38. The molecule has 0 saturated carbocycles. The zero-order chi connectivity index (χ0) is 12.9. The molecule has 0 N–H and O–H groups in total. The predicted molar refractivity (Wildman–Crippen MR) is 77.6 cm³/mol. The summed E-state index contributed by atoms with van der Waals surface area (Å²) >= 11 is 0. The van der Waals surface area contributed by atoms with E-state index in [0.29, 0.717) is 0 Å². The average molecular weight is 245 g/mol. The molecule has 4 heteroatoms. The molecule has 96 valence electrons. The van der Waals surface area contributed by atoms with Crippen LogP contribution in [0.3, 0.4) is 0 Å². The number of rotatable bonds is 8. The van der Waals surface area contributed by atoms with E-state index in [1.54, 1.807) is 24.6 Å². The van der Waals surface area contributed by atoms with Crippen molar-refractivity contribution < 1.29 is 0 Å². The normalized spacial score (nSPS) is 10.2. The van der Waals surface area contributed by atoms with Crippen molar-refractivity contribution in [1.29, 1.82) is 0 Å². The Hall–Kier alpha value is -0.260. The van der Waals surface area contributed by atoms with Crippen molar-refractivity contribution in [3.8, 4) is 0 Å². The summed E-state index contributed by atoms with van der Waals surface area (Å²) in [4.78, 5) is 1.50. The van der Waals surface area contributed by atoms with Crippen LogP contribution < -0.4 is 0 Å². The number of nitrogens with zero attached hydrogens (tertiary/aromatic N) is 3. The summed E-state index contributed by atoms with van der Waals surface area (Å²) < 4.78 is 0. The molecule has 0 aliphatic heterocycles. The first-order valence-electron chi connectivity index (χ1n) is 6.49. The van der Waals surface area contributed by atoms with Crippen LogP contribution in [0.4, 0.5) is 0 Å². The first-order chi connectivity index (χ1) is 7.66. The van der Waals surface area contributed by atoms with E-state index in [9.17, 15) is 0 Å².